The summed E-state index contributed by atoms with van der Waals surface area (Å²) in [5.41, 5.74) is 0. The van der Waals surface area contributed by atoms with E-state index < -0.39 is 0 Å². The van der Waals surface area contributed by atoms with Crippen molar-refractivity contribution >= 4 is 5.91 Å². The number of aryl methyl sites for hydroxylation is 1. The highest BCUT2D eigenvalue weighted by molar-refractivity contribution is 5.76. The third kappa shape index (κ3) is 5.13. The molecule has 1 fully saturated rings. The molecule has 1 aromatic rings. The molecule has 1 saturated heterocycles. The molecule has 2 unspecified atom stereocenters. The summed E-state index contributed by atoms with van der Waals surface area (Å²) in [6.07, 6.45) is 6.87. The van der Waals surface area contributed by atoms with Gasteiger partial charge in [0.2, 0.25) is 5.91 Å². The molecule has 5 heteroatoms. The molecule has 124 valence electrons. The molecule has 5 nitrogen and oxygen atoms in total. The lowest BCUT2D eigenvalue weighted by Gasteiger charge is -2.28. The van der Waals surface area contributed by atoms with Crippen molar-refractivity contribution in [3.63, 3.8) is 0 Å². The van der Waals surface area contributed by atoms with Gasteiger partial charge in [0.1, 0.15) is 5.82 Å². The van der Waals surface area contributed by atoms with Gasteiger partial charge in [0.25, 0.3) is 0 Å². The van der Waals surface area contributed by atoms with Gasteiger partial charge in [-0.15, -0.1) is 0 Å². The van der Waals surface area contributed by atoms with E-state index in [1.807, 2.05) is 19.3 Å². The lowest BCUT2D eigenvalue weighted by Crippen LogP contribution is -2.35. The molecule has 1 aromatic heterocycles. The van der Waals surface area contributed by atoms with E-state index in [9.17, 15) is 4.79 Å². The summed E-state index contributed by atoms with van der Waals surface area (Å²) in [5.74, 6) is 2.80. The van der Waals surface area contributed by atoms with Gasteiger partial charge in [-0.25, -0.2) is 4.98 Å². The van der Waals surface area contributed by atoms with Crippen LogP contribution in [0.2, 0.25) is 0 Å². The molecule has 0 aliphatic carbocycles. The normalized spacial score (nSPS) is 18.9. The zero-order chi connectivity index (χ0) is 15.9. The number of nitrogens with zero attached hydrogens (tertiary/aromatic N) is 2. The number of nitrogens with one attached hydrogen (secondary N) is 2. The van der Waals surface area contributed by atoms with E-state index in [4.69, 9.17) is 0 Å². The average Bonchev–Trinajstić information content (AvgIpc) is 2.91. The molecule has 0 bridgehead atoms. The Hall–Kier alpha value is -1.36. The number of amides is 1. The number of carbonyl (C=O) groups is 1. The van der Waals surface area contributed by atoms with Crippen molar-refractivity contribution in [1.82, 2.24) is 20.2 Å². The Labute approximate surface area is 133 Å². The first-order valence-electron chi connectivity index (χ1n) is 8.51. The smallest absolute Gasteiger partial charge is 0.220 e. The van der Waals surface area contributed by atoms with Crippen LogP contribution >= 0.6 is 0 Å². The fourth-order valence-corrected chi connectivity index (χ4v) is 3.23. The SMILES string of the molecule is Cc1nccn1CC(C)CNC(=O)CC(C)C1CCNCC1. The number of hydrogen-bond acceptors (Lipinski definition) is 3. The van der Waals surface area contributed by atoms with E-state index in [0.717, 1.165) is 32.0 Å². The van der Waals surface area contributed by atoms with Gasteiger partial charge >= 0.3 is 0 Å². The van der Waals surface area contributed by atoms with Crippen LogP contribution < -0.4 is 10.6 Å². The van der Waals surface area contributed by atoms with E-state index in [2.05, 4.69) is 34.0 Å². The molecule has 0 radical (unpaired) electrons. The predicted molar refractivity (Wildman–Crippen MR) is 88.5 cm³/mol. The van der Waals surface area contributed by atoms with Gasteiger partial charge in [-0.3, -0.25) is 4.79 Å². The van der Waals surface area contributed by atoms with Crippen LogP contribution in [0.1, 0.15) is 38.9 Å². The number of imidazole rings is 1. The Balaban J connectivity index is 1.67. The zero-order valence-electron chi connectivity index (χ0n) is 14.1. The molecule has 2 rings (SSSR count). The Morgan fingerprint density at radius 3 is 2.82 bits per heavy atom. The van der Waals surface area contributed by atoms with Crippen molar-refractivity contribution in [2.24, 2.45) is 17.8 Å². The van der Waals surface area contributed by atoms with Gasteiger partial charge in [-0.2, -0.15) is 0 Å². The largest absolute Gasteiger partial charge is 0.356 e. The van der Waals surface area contributed by atoms with E-state index in [-0.39, 0.29) is 5.91 Å². The van der Waals surface area contributed by atoms with Crippen molar-refractivity contribution in [1.29, 1.82) is 0 Å². The number of hydrogen-bond donors (Lipinski definition) is 2. The molecule has 2 N–H and O–H groups in total. The highest BCUT2D eigenvalue weighted by Gasteiger charge is 2.22. The molecule has 1 aliphatic heterocycles. The minimum absolute atomic E-state index is 0.195. The van der Waals surface area contributed by atoms with Gasteiger partial charge in [0, 0.05) is 31.9 Å². The van der Waals surface area contributed by atoms with Gasteiger partial charge in [-0.1, -0.05) is 13.8 Å². The lowest BCUT2D eigenvalue weighted by atomic mass is 9.84. The summed E-state index contributed by atoms with van der Waals surface area (Å²) in [7, 11) is 0. The maximum absolute atomic E-state index is 12.1. The third-order valence-corrected chi connectivity index (χ3v) is 4.78. The molecular weight excluding hydrogens is 276 g/mol. The van der Waals surface area contributed by atoms with Crippen LogP contribution in [0.5, 0.6) is 0 Å². The molecule has 1 amide bonds. The van der Waals surface area contributed by atoms with Crippen LogP contribution in [0.15, 0.2) is 12.4 Å². The van der Waals surface area contributed by atoms with Crippen LogP contribution in [0, 0.1) is 24.7 Å². The quantitative estimate of drug-likeness (QED) is 0.810. The highest BCUT2D eigenvalue weighted by Crippen LogP contribution is 2.24. The van der Waals surface area contributed by atoms with Crippen LogP contribution in [0.3, 0.4) is 0 Å². The third-order valence-electron chi connectivity index (χ3n) is 4.78. The van der Waals surface area contributed by atoms with Gasteiger partial charge < -0.3 is 15.2 Å². The Bertz CT molecular complexity index is 465. The lowest BCUT2D eigenvalue weighted by molar-refractivity contribution is -0.122. The second-order valence-electron chi connectivity index (χ2n) is 6.80. The summed E-state index contributed by atoms with van der Waals surface area (Å²) in [6.45, 7) is 10.2. The Morgan fingerprint density at radius 1 is 1.45 bits per heavy atom. The predicted octanol–water partition coefficient (Wildman–Crippen LogP) is 1.97. The summed E-state index contributed by atoms with van der Waals surface area (Å²) in [4.78, 5) is 16.4. The highest BCUT2D eigenvalue weighted by atomic mass is 16.1. The van der Waals surface area contributed by atoms with Gasteiger partial charge in [0.15, 0.2) is 0 Å². The van der Waals surface area contributed by atoms with Crippen LogP contribution in [-0.4, -0.2) is 35.1 Å². The summed E-state index contributed by atoms with van der Waals surface area (Å²) >= 11 is 0. The fourth-order valence-electron chi connectivity index (χ4n) is 3.23. The Morgan fingerprint density at radius 2 is 2.18 bits per heavy atom. The van der Waals surface area contributed by atoms with Crippen molar-refractivity contribution in [2.45, 2.75) is 46.6 Å². The van der Waals surface area contributed by atoms with Crippen LogP contribution in [0.25, 0.3) is 0 Å². The second-order valence-corrected chi connectivity index (χ2v) is 6.80. The van der Waals surface area contributed by atoms with Crippen molar-refractivity contribution < 1.29 is 4.79 Å². The molecule has 1 aliphatic rings. The molecule has 0 saturated carbocycles. The van der Waals surface area contributed by atoms with Gasteiger partial charge in [0.05, 0.1) is 0 Å². The first kappa shape index (κ1) is 17.0. The maximum atomic E-state index is 12.1. The molecule has 2 heterocycles. The zero-order valence-corrected chi connectivity index (χ0v) is 14.1. The topological polar surface area (TPSA) is 59.0 Å². The second kappa shape index (κ2) is 8.32. The molecule has 2 atom stereocenters. The first-order chi connectivity index (χ1) is 10.6. The molecular formula is C17H30N4O. The molecule has 0 aromatic carbocycles. The van der Waals surface area contributed by atoms with Crippen LogP contribution in [-0.2, 0) is 11.3 Å². The summed E-state index contributed by atoms with van der Waals surface area (Å²) < 4.78 is 2.13. The van der Waals surface area contributed by atoms with Gasteiger partial charge in [-0.05, 0) is 50.6 Å². The van der Waals surface area contributed by atoms with Crippen LogP contribution in [0.4, 0.5) is 0 Å². The van der Waals surface area contributed by atoms with E-state index in [1.165, 1.54) is 12.8 Å². The number of rotatable bonds is 7. The average molecular weight is 306 g/mol. The fraction of sp³-hybridized carbons (Fsp3) is 0.765. The summed E-state index contributed by atoms with van der Waals surface area (Å²) in [6, 6.07) is 0. The maximum Gasteiger partial charge on any atom is 0.220 e. The van der Waals surface area contributed by atoms with Crippen molar-refractivity contribution in [3.8, 4) is 0 Å². The van der Waals surface area contributed by atoms with Crippen molar-refractivity contribution in [3.05, 3.63) is 18.2 Å². The molecule has 22 heavy (non-hydrogen) atoms. The monoisotopic (exact) mass is 306 g/mol. The summed E-state index contributed by atoms with van der Waals surface area (Å²) in [5, 5.41) is 6.48. The van der Waals surface area contributed by atoms with E-state index >= 15 is 0 Å². The minimum Gasteiger partial charge on any atom is -0.356 e. The van der Waals surface area contributed by atoms with E-state index in [0.29, 0.717) is 24.2 Å². The minimum atomic E-state index is 0.195. The van der Waals surface area contributed by atoms with Crippen molar-refractivity contribution in [2.75, 3.05) is 19.6 Å². The standard InChI is InChI=1S/C17H30N4O/c1-13(12-21-9-8-19-15(21)3)11-20-17(22)10-14(2)16-4-6-18-7-5-16/h8-9,13-14,16,18H,4-7,10-12H2,1-3H3,(H,20,22). The Kier molecular flexibility index (Phi) is 6.43. The molecule has 0 spiro atoms. The number of aromatic nitrogens is 2. The van der Waals surface area contributed by atoms with E-state index in [1.54, 1.807) is 0 Å². The number of piperidine rings is 1. The number of carbonyl (C=O) groups excluding carboxylic acids is 1. The first-order valence-corrected chi connectivity index (χ1v) is 8.51.